The third-order valence-electron chi connectivity index (χ3n) is 4.99. The minimum absolute atomic E-state index is 0.0965. The number of amides is 4. The Morgan fingerprint density at radius 1 is 1.08 bits per heavy atom. The van der Waals surface area contributed by atoms with Gasteiger partial charge >= 0.3 is 0 Å². The lowest BCUT2D eigenvalue weighted by atomic mass is 10.1. The van der Waals surface area contributed by atoms with Crippen LogP contribution in [0.3, 0.4) is 0 Å². The maximum Gasteiger partial charge on any atom is 0.262 e. The van der Waals surface area contributed by atoms with Crippen LogP contribution in [0.4, 0.5) is 0 Å². The molecule has 1 saturated heterocycles. The van der Waals surface area contributed by atoms with E-state index in [-0.39, 0.29) is 24.3 Å². The lowest BCUT2D eigenvalue weighted by Gasteiger charge is -2.17. The summed E-state index contributed by atoms with van der Waals surface area (Å²) in [7, 11) is 0. The van der Waals surface area contributed by atoms with Crippen LogP contribution in [0.1, 0.15) is 40.0 Å². The van der Waals surface area contributed by atoms with Crippen molar-refractivity contribution in [3.63, 3.8) is 0 Å². The average molecular weight is 341 g/mol. The molecule has 2 fully saturated rings. The summed E-state index contributed by atoms with van der Waals surface area (Å²) in [5, 5.41) is 2.76. The summed E-state index contributed by atoms with van der Waals surface area (Å²) in [6.45, 7) is 0.771. The Balaban J connectivity index is 1.31. The first-order valence-corrected chi connectivity index (χ1v) is 8.56. The molecule has 2 heterocycles. The van der Waals surface area contributed by atoms with Crippen molar-refractivity contribution in [3.05, 3.63) is 35.4 Å². The first-order chi connectivity index (χ1) is 12.0. The Morgan fingerprint density at radius 3 is 2.32 bits per heavy atom. The number of hydrogen-bond acceptors (Lipinski definition) is 4. The fraction of sp³-hybridized carbons (Fsp3) is 0.444. The van der Waals surface area contributed by atoms with E-state index in [9.17, 15) is 19.2 Å². The molecular weight excluding hydrogens is 322 g/mol. The van der Waals surface area contributed by atoms with Gasteiger partial charge in [-0.1, -0.05) is 12.1 Å². The van der Waals surface area contributed by atoms with Gasteiger partial charge in [0.05, 0.1) is 11.1 Å². The third kappa shape index (κ3) is 2.90. The Kier molecular flexibility index (Phi) is 3.78. The van der Waals surface area contributed by atoms with Crippen LogP contribution in [0.5, 0.6) is 0 Å². The normalized spacial score (nSPS) is 22.6. The molecular formula is C18H19N3O4. The lowest BCUT2D eigenvalue weighted by Crippen LogP contribution is -2.42. The quantitative estimate of drug-likeness (QED) is 0.786. The van der Waals surface area contributed by atoms with Gasteiger partial charge in [-0.2, -0.15) is 0 Å². The smallest absolute Gasteiger partial charge is 0.262 e. The lowest BCUT2D eigenvalue weighted by molar-refractivity contribution is -0.128. The first-order valence-electron chi connectivity index (χ1n) is 8.56. The van der Waals surface area contributed by atoms with Crippen LogP contribution in [0.15, 0.2) is 24.3 Å². The zero-order valence-corrected chi connectivity index (χ0v) is 13.7. The summed E-state index contributed by atoms with van der Waals surface area (Å²) in [6, 6.07) is 6.95. The molecule has 4 rings (SSSR count). The van der Waals surface area contributed by atoms with Crippen LogP contribution in [-0.2, 0) is 9.59 Å². The highest BCUT2D eigenvalue weighted by Crippen LogP contribution is 2.32. The number of hydrogen-bond donors (Lipinski definition) is 1. The van der Waals surface area contributed by atoms with Gasteiger partial charge in [-0.3, -0.25) is 24.1 Å². The van der Waals surface area contributed by atoms with E-state index in [0.717, 1.165) is 17.7 Å². The van der Waals surface area contributed by atoms with Crippen molar-refractivity contribution in [1.82, 2.24) is 15.1 Å². The maximum atomic E-state index is 12.2. The van der Waals surface area contributed by atoms with Gasteiger partial charge in [-0.05, 0) is 25.0 Å². The molecule has 1 saturated carbocycles. The minimum Gasteiger partial charge on any atom is -0.354 e. The van der Waals surface area contributed by atoms with Crippen molar-refractivity contribution in [2.75, 3.05) is 19.6 Å². The number of benzene rings is 1. The van der Waals surface area contributed by atoms with E-state index in [1.165, 1.54) is 0 Å². The van der Waals surface area contributed by atoms with Crippen LogP contribution in [0.25, 0.3) is 0 Å². The van der Waals surface area contributed by atoms with Gasteiger partial charge < -0.3 is 10.2 Å². The van der Waals surface area contributed by atoms with Gasteiger partial charge in [0, 0.05) is 31.5 Å². The van der Waals surface area contributed by atoms with Gasteiger partial charge in [-0.15, -0.1) is 0 Å². The van der Waals surface area contributed by atoms with Crippen molar-refractivity contribution in [2.45, 2.75) is 25.3 Å². The molecule has 1 aromatic rings. The number of rotatable bonds is 5. The summed E-state index contributed by atoms with van der Waals surface area (Å²) >= 11 is 0. The van der Waals surface area contributed by atoms with Crippen molar-refractivity contribution in [1.29, 1.82) is 0 Å². The van der Waals surface area contributed by atoms with Crippen LogP contribution < -0.4 is 5.32 Å². The van der Waals surface area contributed by atoms with Crippen molar-refractivity contribution >= 4 is 23.6 Å². The van der Waals surface area contributed by atoms with E-state index in [1.807, 2.05) is 4.90 Å². The molecule has 0 bridgehead atoms. The molecule has 1 atom stereocenters. The first kappa shape index (κ1) is 15.8. The SMILES string of the molecule is O=C(CN1C(=O)c2ccccc2C1=O)NCC1CC(=O)N(C2CC2)C1. The molecule has 1 aliphatic carbocycles. The number of likely N-dealkylation sites (tertiary alicyclic amines) is 1. The largest absolute Gasteiger partial charge is 0.354 e. The Bertz CT molecular complexity index is 736. The van der Waals surface area contributed by atoms with Gasteiger partial charge in [0.15, 0.2) is 0 Å². The predicted octanol–water partition coefficient (Wildman–Crippen LogP) is 0.410. The molecule has 1 unspecified atom stereocenters. The molecule has 130 valence electrons. The number of carbonyl (C=O) groups is 4. The molecule has 3 aliphatic rings. The molecule has 1 aromatic carbocycles. The average Bonchev–Trinajstić information content (AvgIpc) is 3.34. The Hall–Kier alpha value is -2.70. The van der Waals surface area contributed by atoms with Gasteiger partial charge in [0.25, 0.3) is 11.8 Å². The maximum absolute atomic E-state index is 12.2. The number of nitrogens with zero attached hydrogens (tertiary/aromatic N) is 2. The number of nitrogens with one attached hydrogen (secondary N) is 1. The van der Waals surface area contributed by atoms with Gasteiger partial charge in [-0.25, -0.2) is 0 Å². The molecule has 25 heavy (non-hydrogen) atoms. The van der Waals surface area contributed by atoms with Crippen LogP contribution in [-0.4, -0.2) is 59.1 Å². The predicted molar refractivity (Wildman–Crippen MR) is 87.7 cm³/mol. The minimum atomic E-state index is -0.438. The molecule has 0 aromatic heterocycles. The zero-order valence-electron chi connectivity index (χ0n) is 13.7. The topological polar surface area (TPSA) is 86.8 Å². The fourth-order valence-electron chi connectivity index (χ4n) is 3.52. The molecule has 7 heteroatoms. The highest BCUT2D eigenvalue weighted by molar-refractivity contribution is 6.22. The molecule has 1 N–H and O–H groups in total. The monoisotopic (exact) mass is 341 g/mol. The Morgan fingerprint density at radius 2 is 1.72 bits per heavy atom. The molecule has 0 spiro atoms. The molecule has 4 amide bonds. The van der Waals surface area contributed by atoms with E-state index in [0.29, 0.717) is 36.7 Å². The fourth-order valence-corrected chi connectivity index (χ4v) is 3.52. The van der Waals surface area contributed by atoms with E-state index in [2.05, 4.69) is 5.32 Å². The highest BCUT2D eigenvalue weighted by atomic mass is 16.2. The Labute approximate surface area is 145 Å². The molecule has 7 nitrogen and oxygen atoms in total. The van der Waals surface area contributed by atoms with E-state index in [1.54, 1.807) is 24.3 Å². The van der Waals surface area contributed by atoms with Crippen LogP contribution in [0.2, 0.25) is 0 Å². The van der Waals surface area contributed by atoms with Crippen molar-refractivity contribution in [2.24, 2.45) is 5.92 Å². The van der Waals surface area contributed by atoms with Crippen molar-refractivity contribution < 1.29 is 19.2 Å². The van der Waals surface area contributed by atoms with Crippen LogP contribution in [0, 0.1) is 5.92 Å². The second-order valence-electron chi connectivity index (χ2n) is 6.89. The zero-order chi connectivity index (χ0) is 17.6. The summed E-state index contributed by atoms with van der Waals surface area (Å²) in [6.07, 6.45) is 2.60. The summed E-state index contributed by atoms with van der Waals surface area (Å²) in [5.74, 6) is -1.01. The second kappa shape index (κ2) is 5.98. The van der Waals surface area contributed by atoms with Crippen LogP contribution >= 0.6 is 0 Å². The van der Waals surface area contributed by atoms with E-state index >= 15 is 0 Å². The van der Waals surface area contributed by atoms with E-state index < -0.39 is 11.8 Å². The van der Waals surface area contributed by atoms with Gasteiger partial charge in [0.2, 0.25) is 11.8 Å². The third-order valence-corrected chi connectivity index (χ3v) is 4.99. The second-order valence-corrected chi connectivity index (χ2v) is 6.89. The molecule has 0 radical (unpaired) electrons. The van der Waals surface area contributed by atoms with E-state index in [4.69, 9.17) is 0 Å². The summed E-state index contributed by atoms with van der Waals surface area (Å²) in [4.78, 5) is 51.4. The summed E-state index contributed by atoms with van der Waals surface area (Å²) < 4.78 is 0. The highest BCUT2D eigenvalue weighted by Gasteiger charge is 2.40. The summed E-state index contributed by atoms with van der Waals surface area (Å²) in [5.41, 5.74) is 0.670. The van der Waals surface area contributed by atoms with Crippen molar-refractivity contribution in [3.8, 4) is 0 Å². The number of fused-ring (bicyclic) bond motifs is 1. The standard InChI is InChI=1S/C18H19N3O4/c22-15(19-8-11-7-16(23)20(9-11)12-5-6-12)10-21-17(24)13-3-1-2-4-14(13)18(21)25/h1-4,11-12H,5-10H2,(H,19,22). The number of carbonyl (C=O) groups excluding carboxylic acids is 4. The van der Waals surface area contributed by atoms with Gasteiger partial charge in [0.1, 0.15) is 6.54 Å². The molecule has 2 aliphatic heterocycles. The number of imide groups is 1.